The fourth-order valence-corrected chi connectivity index (χ4v) is 0. The molecule has 0 nitrogen and oxygen atoms in total. The molecule has 0 saturated heterocycles. The van der Waals surface area contributed by atoms with Crippen molar-refractivity contribution in [3.05, 3.63) is 13.8 Å². The molecule has 0 saturated carbocycles. The first-order chi connectivity index (χ1) is 2.41. The maximum absolute atomic E-state index is 3.49. The quantitative estimate of drug-likeness (QED) is 0.528. The molecule has 1 heteroatoms. The predicted molar refractivity (Wildman–Crippen MR) is 53.6 cm³/mol. The van der Waals surface area contributed by atoms with Crippen LogP contribution >= 0.6 is 0 Å². The van der Waals surface area contributed by atoms with Crippen LogP contribution in [0.4, 0.5) is 0 Å². The van der Waals surface area contributed by atoms with E-state index in [1.807, 2.05) is 6.92 Å². The van der Waals surface area contributed by atoms with Crippen LogP contribution in [0.3, 0.4) is 0 Å². The summed E-state index contributed by atoms with van der Waals surface area (Å²) in [7, 11) is 0. The maximum atomic E-state index is 3.49. The Bertz CT molecular complexity index is 4.69. The van der Waals surface area contributed by atoms with Crippen molar-refractivity contribution in [3.8, 4) is 0 Å². The van der Waals surface area contributed by atoms with E-state index >= 15 is 0 Å². The van der Waals surface area contributed by atoms with E-state index in [0.717, 1.165) is 6.42 Å². The molecule has 0 aromatic carbocycles. The third-order valence-corrected chi connectivity index (χ3v) is 0. The van der Waals surface area contributed by atoms with E-state index in [1.54, 1.807) is 6.92 Å². The zero-order valence-corrected chi connectivity index (χ0v) is 7.54. The molecule has 0 unspecified atom stereocenters. The van der Waals surface area contributed by atoms with Gasteiger partial charge in [0.2, 0.25) is 0 Å². The second-order valence-electron chi connectivity index (χ2n) is 0.500. The van der Waals surface area contributed by atoms with Crippen LogP contribution in [0.2, 0.25) is 0 Å². The third-order valence-electron chi connectivity index (χ3n) is 0. The number of hydrogen-bond acceptors (Lipinski definition) is 0. The van der Waals surface area contributed by atoms with Crippen molar-refractivity contribution < 1.29 is 32.7 Å². The topological polar surface area (TPSA) is 0 Å². The van der Waals surface area contributed by atoms with Crippen molar-refractivity contribution in [2.75, 3.05) is 0 Å². The molecule has 0 N–H and O–H groups in total. The van der Waals surface area contributed by atoms with Crippen LogP contribution in [0.25, 0.3) is 0 Å². The average Bonchev–Trinajstić information content (AvgIpc) is 1.46. The molecule has 0 aromatic heterocycles. The van der Waals surface area contributed by atoms with Crippen molar-refractivity contribution in [1.82, 2.24) is 0 Å². The molecule has 1 radical (unpaired) electrons. The van der Waals surface area contributed by atoms with Crippen LogP contribution in [0.1, 0.15) is 50.0 Å². The monoisotopic (exact) mass is 225 g/mol. The van der Waals surface area contributed by atoms with Gasteiger partial charge in [0.25, 0.3) is 0 Å². The fourth-order valence-electron chi connectivity index (χ4n) is 0. The second kappa shape index (κ2) is 189. The molecule has 0 aliphatic carbocycles. The van der Waals surface area contributed by atoms with Crippen LogP contribution in [0.15, 0.2) is 0 Å². The Morgan fingerprint density at radius 1 is 0.900 bits per heavy atom. The van der Waals surface area contributed by atoms with E-state index in [1.165, 1.54) is 0 Å². The van der Waals surface area contributed by atoms with E-state index in [4.69, 9.17) is 0 Å². The molecule has 0 amide bonds. The minimum Gasteiger partial charge on any atom is -0.346 e. The number of hydrogen-bond donors (Lipinski definition) is 0. The summed E-state index contributed by atoms with van der Waals surface area (Å²) in [6, 6.07) is 0. The molecule has 0 spiro atoms. The van der Waals surface area contributed by atoms with Crippen molar-refractivity contribution >= 4 is 0 Å². The SMILES string of the molecule is C.C.C.C.[CH2-]C.[CH2-]CC.[Y]. The summed E-state index contributed by atoms with van der Waals surface area (Å²) in [5, 5.41) is 0. The molecular formula is C9H28Y-2. The first-order valence-electron chi connectivity index (χ1n) is 1.91. The zero-order valence-electron chi connectivity index (χ0n) is 4.70. The van der Waals surface area contributed by atoms with Crippen molar-refractivity contribution in [2.24, 2.45) is 0 Å². The Morgan fingerprint density at radius 3 is 0.900 bits per heavy atom. The van der Waals surface area contributed by atoms with Gasteiger partial charge < -0.3 is 13.8 Å². The van der Waals surface area contributed by atoms with Crippen LogP contribution in [-0.2, 0) is 32.7 Å². The standard InChI is InChI=1S/C3H7.C2H5.4CH4.Y/c1-3-2;1-2;;;;;/h1,3H2,2H3;1H2,2H3;4*1H4;/q2*-1;;;;;. The Morgan fingerprint density at radius 2 is 0.900 bits per heavy atom. The second-order valence-corrected chi connectivity index (χ2v) is 0.500. The van der Waals surface area contributed by atoms with Crippen LogP contribution in [-0.4, -0.2) is 0 Å². The van der Waals surface area contributed by atoms with Gasteiger partial charge in [0.1, 0.15) is 0 Å². The molecule has 10 heavy (non-hydrogen) atoms. The first kappa shape index (κ1) is 67.3. The van der Waals surface area contributed by atoms with Gasteiger partial charge in [0.15, 0.2) is 0 Å². The molecule has 0 fully saturated rings. The summed E-state index contributed by atoms with van der Waals surface area (Å²) in [6.45, 7) is 10.5. The van der Waals surface area contributed by atoms with Gasteiger partial charge in [-0.3, -0.25) is 0 Å². The van der Waals surface area contributed by atoms with Gasteiger partial charge in [0.05, 0.1) is 0 Å². The summed E-state index contributed by atoms with van der Waals surface area (Å²) in [4.78, 5) is 0. The molecular weight excluding hydrogens is 197 g/mol. The van der Waals surface area contributed by atoms with E-state index in [-0.39, 0.29) is 62.4 Å². The van der Waals surface area contributed by atoms with Crippen molar-refractivity contribution in [2.45, 2.75) is 50.0 Å². The van der Waals surface area contributed by atoms with Crippen LogP contribution in [0.5, 0.6) is 0 Å². The van der Waals surface area contributed by atoms with E-state index in [0.29, 0.717) is 0 Å². The van der Waals surface area contributed by atoms with E-state index in [2.05, 4.69) is 13.8 Å². The molecule has 0 atom stereocenters. The van der Waals surface area contributed by atoms with E-state index in [9.17, 15) is 0 Å². The summed E-state index contributed by atoms with van der Waals surface area (Å²) in [6.07, 6.45) is 1.00. The Balaban J connectivity index is -0.00000000246. The fraction of sp³-hybridized carbons (Fsp3) is 0.778. The molecule has 0 bridgehead atoms. The Labute approximate surface area is 96.1 Å². The average molecular weight is 225 g/mol. The Kier molecular flexibility index (Phi) is 1270. The molecule has 69 valence electrons. The summed E-state index contributed by atoms with van der Waals surface area (Å²) in [5.41, 5.74) is 0. The smallest absolute Gasteiger partial charge is 0 e. The summed E-state index contributed by atoms with van der Waals surface area (Å²) >= 11 is 0. The molecule has 0 heterocycles. The van der Waals surface area contributed by atoms with Gasteiger partial charge in [-0.25, -0.2) is 0 Å². The van der Waals surface area contributed by atoms with Crippen molar-refractivity contribution in [1.29, 1.82) is 0 Å². The maximum Gasteiger partial charge on any atom is 0 e. The van der Waals surface area contributed by atoms with Crippen LogP contribution in [0, 0.1) is 13.8 Å². The van der Waals surface area contributed by atoms with Gasteiger partial charge >= 0.3 is 0 Å². The molecule has 0 aliphatic heterocycles. The summed E-state index contributed by atoms with van der Waals surface area (Å²) < 4.78 is 0. The van der Waals surface area contributed by atoms with Gasteiger partial charge in [-0.05, 0) is 0 Å². The zero-order chi connectivity index (χ0) is 4.71. The minimum absolute atomic E-state index is 0. The van der Waals surface area contributed by atoms with E-state index < -0.39 is 0 Å². The number of rotatable bonds is 0. The van der Waals surface area contributed by atoms with Gasteiger partial charge in [-0.2, -0.15) is 13.3 Å². The van der Waals surface area contributed by atoms with Crippen LogP contribution < -0.4 is 0 Å². The van der Waals surface area contributed by atoms with Gasteiger partial charge in [-0.1, -0.05) is 36.6 Å². The van der Waals surface area contributed by atoms with Gasteiger partial charge in [0, 0.05) is 32.7 Å². The predicted octanol–water partition coefficient (Wildman–Crippen LogP) is 4.61. The molecule has 0 aliphatic rings. The summed E-state index contributed by atoms with van der Waals surface area (Å²) in [5.74, 6) is 0. The Hall–Kier alpha value is 1.10. The third kappa shape index (κ3) is 491. The largest absolute Gasteiger partial charge is 0.346 e. The first-order valence-corrected chi connectivity index (χ1v) is 1.91. The van der Waals surface area contributed by atoms with Crippen molar-refractivity contribution in [3.63, 3.8) is 0 Å². The van der Waals surface area contributed by atoms with Gasteiger partial charge in [-0.15, -0.1) is 0 Å². The minimum atomic E-state index is 0. The molecule has 0 rings (SSSR count). The normalized spacial score (nSPS) is 2.40. The molecule has 0 aromatic rings.